The standard InChI is InChI=1S/C60H74N8O8/c1-35(2)20-51(67-32-41(31-65(9)10)17-19-53(67)69)59(75)63-50(26-56(73)74)43-23-45(30-62-28-43)58-39(7)16-18-47(40(58)8)48-24-54(70)68(34-46(48)33-66(11)12)52(21-36(3)4)60(76)64-49(25-55(71)72)42-22-44(29-61-27-42)57-37(5)14-13-15-38(57)6/h13-19,22-24,27-30,32,34-36,49-52H,20-21,25-26,31,33H2,1-12H3,(H,63,75)(H,64,76)(H,71,72)(H,73,74)/t49-,50-,51+,52-/m0/s1. The van der Waals surface area contributed by atoms with Crippen LogP contribution in [-0.4, -0.2) is 91.1 Å². The van der Waals surface area contributed by atoms with Gasteiger partial charge in [-0.1, -0.05) is 64.1 Å². The minimum absolute atomic E-state index is 0.0257. The summed E-state index contributed by atoms with van der Waals surface area (Å²) in [5, 5.41) is 26.2. The SMILES string of the molecule is Cc1cccc(C)c1-c1cncc([C@H](CC(=O)O)NC(=O)[C@H](CC(C)C)n2cc(CN(C)C)c(-c3ccc(C)c(-c4cncc([C@H](CC(=O)O)NC(=O)[C@@H](CC(C)C)n5cc(CN(C)C)ccc5=O)c4)c3C)cc2=O)c1. The zero-order valence-corrected chi connectivity index (χ0v) is 46.0. The average Bonchev–Trinajstić information content (AvgIpc) is 3.33. The molecule has 0 aliphatic rings. The van der Waals surface area contributed by atoms with Crippen molar-refractivity contribution in [1.29, 1.82) is 0 Å². The largest absolute Gasteiger partial charge is 0.481 e. The summed E-state index contributed by atoms with van der Waals surface area (Å²) < 4.78 is 2.89. The van der Waals surface area contributed by atoms with Crippen molar-refractivity contribution in [3.05, 3.63) is 163 Å². The van der Waals surface area contributed by atoms with Crippen LogP contribution in [0.4, 0.5) is 0 Å². The molecule has 0 saturated carbocycles. The predicted molar refractivity (Wildman–Crippen MR) is 297 cm³/mol. The van der Waals surface area contributed by atoms with Gasteiger partial charge in [-0.3, -0.25) is 38.7 Å². The summed E-state index contributed by atoms with van der Waals surface area (Å²) >= 11 is 0. The molecule has 6 aromatic rings. The van der Waals surface area contributed by atoms with Crippen molar-refractivity contribution in [3.8, 4) is 33.4 Å². The first kappa shape index (κ1) is 57.7. The molecule has 0 spiro atoms. The number of aromatic nitrogens is 4. The molecule has 6 rings (SSSR count). The Morgan fingerprint density at radius 1 is 0.579 bits per heavy atom. The molecule has 0 bridgehead atoms. The van der Waals surface area contributed by atoms with Crippen LogP contribution in [0.5, 0.6) is 0 Å². The number of nitrogens with zero attached hydrogens (tertiary/aromatic N) is 6. The molecule has 16 heteroatoms. The van der Waals surface area contributed by atoms with Gasteiger partial charge in [-0.15, -0.1) is 0 Å². The summed E-state index contributed by atoms with van der Waals surface area (Å²) in [6, 6.07) is 14.4. The van der Waals surface area contributed by atoms with Crippen molar-refractivity contribution >= 4 is 23.8 Å². The molecule has 0 fully saturated rings. The van der Waals surface area contributed by atoms with Gasteiger partial charge in [0.05, 0.1) is 24.9 Å². The van der Waals surface area contributed by atoms with Crippen molar-refractivity contribution in [2.75, 3.05) is 28.2 Å². The van der Waals surface area contributed by atoms with E-state index in [1.54, 1.807) is 43.1 Å². The number of carboxylic acids is 2. The molecule has 4 N–H and O–H groups in total. The van der Waals surface area contributed by atoms with Crippen molar-refractivity contribution in [2.45, 2.75) is 118 Å². The van der Waals surface area contributed by atoms with Gasteiger partial charge >= 0.3 is 11.9 Å². The quantitative estimate of drug-likeness (QED) is 0.0474. The lowest BCUT2D eigenvalue weighted by molar-refractivity contribution is -0.139. The third kappa shape index (κ3) is 14.4. The van der Waals surface area contributed by atoms with Crippen LogP contribution in [0.15, 0.2) is 107 Å². The molecular formula is C60H74N8O8. The van der Waals surface area contributed by atoms with E-state index in [1.165, 1.54) is 21.4 Å². The molecular weight excluding hydrogens is 961 g/mol. The van der Waals surface area contributed by atoms with Crippen molar-refractivity contribution in [2.24, 2.45) is 11.8 Å². The highest BCUT2D eigenvalue weighted by atomic mass is 16.4. The Labute approximate surface area is 445 Å². The molecule has 76 heavy (non-hydrogen) atoms. The topological polar surface area (TPSA) is 209 Å². The average molecular weight is 1040 g/mol. The number of carboxylic acid groups (broad SMARTS) is 2. The van der Waals surface area contributed by atoms with Gasteiger partial charge in [-0.2, -0.15) is 0 Å². The summed E-state index contributed by atoms with van der Waals surface area (Å²) in [6.07, 6.45) is 9.71. The summed E-state index contributed by atoms with van der Waals surface area (Å²) in [7, 11) is 7.66. The molecule has 0 aliphatic heterocycles. The third-order valence-electron chi connectivity index (χ3n) is 13.6. The van der Waals surface area contributed by atoms with E-state index in [-0.39, 0.29) is 23.8 Å². The number of benzene rings is 2. The monoisotopic (exact) mass is 1030 g/mol. The number of carbonyl (C=O) groups excluding carboxylic acids is 2. The number of rotatable bonds is 23. The third-order valence-corrected chi connectivity index (χ3v) is 13.6. The molecule has 16 nitrogen and oxygen atoms in total. The second-order valence-corrected chi connectivity index (χ2v) is 21.5. The van der Waals surface area contributed by atoms with Gasteiger partial charge in [0, 0.05) is 73.5 Å². The lowest BCUT2D eigenvalue weighted by Crippen LogP contribution is -2.40. The van der Waals surface area contributed by atoms with Gasteiger partial charge in [0.1, 0.15) is 12.1 Å². The van der Waals surface area contributed by atoms with Crippen LogP contribution in [0.3, 0.4) is 0 Å². The van der Waals surface area contributed by atoms with Crippen LogP contribution in [-0.2, 0) is 32.3 Å². The van der Waals surface area contributed by atoms with E-state index in [9.17, 15) is 39.0 Å². The fraction of sp³-hybridized carbons (Fsp3) is 0.400. The molecule has 2 aromatic carbocycles. The molecule has 0 unspecified atom stereocenters. The van der Waals surface area contributed by atoms with E-state index < -0.39 is 66.3 Å². The Morgan fingerprint density at radius 2 is 1.07 bits per heavy atom. The zero-order valence-electron chi connectivity index (χ0n) is 46.0. The van der Waals surface area contributed by atoms with E-state index in [2.05, 4.69) is 20.6 Å². The minimum Gasteiger partial charge on any atom is -0.481 e. The number of aliphatic carboxylic acids is 2. The molecule has 0 saturated heterocycles. The van der Waals surface area contributed by atoms with Crippen LogP contribution in [0, 0.1) is 39.5 Å². The summed E-state index contributed by atoms with van der Waals surface area (Å²) in [4.78, 5) is 94.7. The van der Waals surface area contributed by atoms with E-state index in [4.69, 9.17) is 0 Å². The number of amides is 2. The first-order valence-corrected chi connectivity index (χ1v) is 25.8. The van der Waals surface area contributed by atoms with Gasteiger partial charge in [0.2, 0.25) is 11.8 Å². The van der Waals surface area contributed by atoms with Crippen molar-refractivity contribution in [3.63, 3.8) is 0 Å². The lowest BCUT2D eigenvalue weighted by atomic mass is 9.88. The van der Waals surface area contributed by atoms with Crippen LogP contribution in [0.1, 0.15) is 122 Å². The summed E-state index contributed by atoms with van der Waals surface area (Å²) in [5.41, 5.74) is 10.2. The second-order valence-electron chi connectivity index (χ2n) is 21.5. The molecule has 402 valence electrons. The summed E-state index contributed by atoms with van der Waals surface area (Å²) in [6.45, 7) is 16.7. The highest BCUT2D eigenvalue weighted by Gasteiger charge is 2.31. The Morgan fingerprint density at radius 3 is 1.55 bits per heavy atom. The number of nitrogens with one attached hydrogen (secondary N) is 2. The van der Waals surface area contributed by atoms with E-state index in [1.807, 2.05) is 136 Å². The van der Waals surface area contributed by atoms with Gasteiger partial charge < -0.3 is 39.8 Å². The molecule has 2 amide bonds. The van der Waals surface area contributed by atoms with Crippen LogP contribution in [0.2, 0.25) is 0 Å². The molecule has 4 atom stereocenters. The maximum atomic E-state index is 14.7. The molecule has 0 aliphatic carbocycles. The number of hydrogen-bond donors (Lipinski definition) is 4. The fourth-order valence-corrected chi connectivity index (χ4v) is 10.2. The number of carbonyl (C=O) groups is 4. The van der Waals surface area contributed by atoms with Gasteiger partial charge in [0.25, 0.3) is 11.1 Å². The van der Waals surface area contributed by atoms with Crippen molar-refractivity contribution in [1.82, 2.24) is 39.5 Å². The van der Waals surface area contributed by atoms with E-state index in [0.29, 0.717) is 41.8 Å². The first-order chi connectivity index (χ1) is 35.9. The van der Waals surface area contributed by atoms with Crippen molar-refractivity contribution < 1.29 is 29.4 Å². The Bertz CT molecular complexity index is 3190. The minimum atomic E-state index is -1.14. The maximum Gasteiger partial charge on any atom is 0.305 e. The molecule has 4 aromatic heterocycles. The Hall–Kier alpha value is -7.56. The maximum absolute atomic E-state index is 14.7. The Balaban J connectivity index is 1.38. The first-order valence-electron chi connectivity index (χ1n) is 25.8. The highest BCUT2D eigenvalue weighted by molar-refractivity contribution is 5.85. The fourth-order valence-electron chi connectivity index (χ4n) is 10.2. The van der Waals surface area contributed by atoms with Crippen LogP contribution in [0.25, 0.3) is 33.4 Å². The number of pyridine rings is 4. The highest BCUT2D eigenvalue weighted by Crippen LogP contribution is 2.38. The number of aryl methyl sites for hydroxylation is 3. The molecule has 4 heterocycles. The summed E-state index contributed by atoms with van der Waals surface area (Å²) in [5.74, 6) is -3.24. The van der Waals surface area contributed by atoms with Crippen LogP contribution >= 0.6 is 0 Å². The normalized spacial score (nSPS) is 13.2. The second kappa shape index (κ2) is 25.3. The lowest BCUT2D eigenvalue weighted by Gasteiger charge is -2.27. The van der Waals surface area contributed by atoms with Gasteiger partial charge in [-0.05, 0) is 159 Å². The van der Waals surface area contributed by atoms with Gasteiger partial charge in [-0.25, -0.2) is 0 Å². The zero-order chi connectivity index (χ0) is 55.7. The predicted octanol–water partition coefficient (Wildman–Crippen LogP) is 9.00. The van der Waals surface area contributed by atoms with E-state index in [0.717, 1.165) is 55.6 Å². The van der Waals surface area contributed by atoms with E-state index >= 15 is 0 Å². The smallest absolute Gasteiger partial charge is 0.305 e. The number of hydrogen-bond acceptors (Lipinski definition) is 10. The molecule has 0 radical (unpaired) electrons. The van der Waals surface area contributed by atoms with Gasteiger partial charge in [0.15, 0.2) is 0 Å². The van der Waals surface area contributed by atoms with Crippen LogP contribution < -0.4 is 21.8 Å². The Kier molecular flexibility index (Phi) is 19.2.